The molecule has 2 heterocycles. The van der Waals surface area contributed by atoms with Crippen LogP contribution in [-0.2, 0) is 11.2 Å². The number of thioether (sulfide) groups is 1. The van der Waals surface area contributed by atoms with E-state index in [0.717, 1.165) is 29.2 Å². The second-order valence-electron chi connectivity index (χ2n) is 5.81. The van der Waals surface area contributed by atoms with Gasteiger partial charge in [0.1, 0.15) is 0 Å². The van der Waals surface area contributed by atoms with Gasteiger partial charge in [0, 0.05) is 6.20 Å². The van der Waals surface area contributed by atoms with Crippen molar-refractivity contribution in [2.45, 2.75) is 18.9 Å². The predicted octanol–water partition coefficient (Wildman–Crippen LogP) is 4.19. The number of hydrogen-bond acceptors (Lipinski definition) is 4. The van der Waals surface area contributed by atoms with Crippen LogP contribution in [0.3, 0.4) is 0 Å². The maximum Gasteiger partial charge on any atom is 0.225 e. The number of amides is 1. The lowest BCUT2D eigenvalue weighted by atomic mass is 10.1. The van der Waals surface area contributed by atoms with Gasteiger partial charge in [-0.05, 0) is 48.3 Å². The average Bonchev–Trinajstić information content (AvgIpc) is 3.06. The first-order valence-corrected chi connectivity index (χ1v) is 10.3. The van der Waals surface area contributed by atoms with Gasteiger partial charge in [-0.25, -0.2) is 0 Å². The fraction of sp³-hybridized carbons (Fsp3) is 0.278. The highest BCUT2D eigenvalue weighted by atomic mass is 35.5. The number of carbonyl (C=O) groups excluding carboxylic acids is 1. The molecule has 3 aromatic rings. The smallest absolute Gasteiger partial charge is 0.225 e. The number of carbonyl (C=O) groups is 1. The lowest BCUT2D eigenvalue weighted by Gasteiger charge is -2.17. The van der Waals surface area contributed by atoms with Crippen molar-refractivity contribution < 1.29 is 4.79 Å². The van der Waals surface area contributed by atoms with Crippen LogP contribution in [0.5, 0.6) is 0 Å². The van der Waals surface area contributed by atoms with E-state index in [9.17, 15) is 4.79 Å². The third-order valence-electron chi connectivity index (χ3n) is 3.95. The Morgan fingerprint density at radius 2 is 2.08 bits per heavy atom. The van der Waals surface area contributed by atoms with Gasteiger partial charge in [-0.15, -0.1) is 10.2 Å². The maximum absolute atomic E-state index is 12.6. The molecule has 0 spiro atoms. The molecule has 0 unspecified atom stereocenters. The monoisotopic (exact) mass is 408 g/mol. The average molecular weight is 409 g/mol. The number of pyridine rings is 1. The van der Waals surface area contributed by atoms with E-state index < -0.39 is 0 Å². The Morgan fingerprint density at radius 1 is 1.23 bits per heavy atom. The van der Waals surface area contributed by atoms with E-state index >= 15 is 0 Å². The molecule has 0 saturated carbocycles. The van der Waals surface area contributed by atoms with E-state index in [2.05, 4.69) is 15.5 Å². The minimum Gasteiger partial charge on any atom is -0.346 e. The van der Waals surface area contributed by atoms with Crippen LogP contribution < -0.4 is 5.32 Å². The van der Waals surface area contributed by atoms with Crippen molar-refractivity contribution in [1.82, 2.24) is 19.9 Å². The van der Waals surface area contributed by atoms with Crippen LogP contribution in [0.1, 0.15) is 23.9 Å². The molecular formula is C18H18Cl2N4OS. The molecule has 136 valence electrons. The summed E-state index contributed by atoms with van der Waals surface area (Å²) in [6, 6.07) is 10.7. The first-order valence-electron chi connectivity index (χ1n) is 8.10. The number of halogens is 2. The molecule has 0 aliphatic rings. The third kappa shape index (κ3) is 4.50. The Labute approximate surface area is 166 Å². The zero-order valence-corrected chi connectivity index (χ0v) is 16.5. The van der Waals surface area contributed by atoms with Crippen molar-refractivity contribution in [1.29, 1.82) is 0 Å². The van der Waals surface area contributed by atoms with Gasteiger partial charge in [0.15, 0.2) is 11.5 Å². The Balaban J connectivity index is 1.77. The highest BCUT2D eigenvalue weighted by molar-refractivity contribution is 7.98. The molecule has 0 aliphatic heterocycles. The van der Waals surface area contributed by atoms with Crippen LogP contribution in [0.15, 0.2) is 42.6 Å². The first kappa shape index (κ1) is 19.0. The molecule has 1 aromatic carbocycles. The van der Waals surface area contributed by atoms with Crippen LogP contribution in [-0.4, -0.2) is 32.5 Å². The fourth-order valence-electron chi connectivity index (χ4n) is 2.68. The quantitative estimate of drug-likeness (QED) is 0.636. The largest absolute Gasteiger partial charge is 0.346 e. The van der Waals surface area contributed by atoms with Crippen molar-refractivity contribution in [2.24, 2.45) is 0 Å². The lowest BCUT2D eigenvalue weighted by Crippen LogP contribution is -2.31. The molecule has 8 heteroatoms. The maximum atomic E-state index is 12.6. The predicted molar refractivity (Wildman–Crippen MR) is 107 cm³/mol. The normalized spacial score (nSPS) is 12.3. The zero-order valence-electron chi connectivity index (χ0n) is 14.2. The van der Waals surface area contributed by atoms with Gasteiger partial charge >= 0.3 is 0 Å². The van der Waals surface area contributed by atoms with Gasteiger partial charge in [0.2, 0.25) is 5.91 Å². The van der Waals surface area contributed by atoms with E-state index in [0.29, 0.717) is 10.0 Å². The van der Waals surface area contributed by atoms with Gasteiger partial charge in [-0.2, -0.15) is 11.8 Å². The summed E-state index contributed by atoms with van der Waals surface area (Å²) in [4.78, 5) is 12.6. The Morgan fingerprint density at radius 3 is 2.85 bits per heavy atom. The summed E-state index contributed by atoms with van der Waals surface area (Å²) in [5, 5.41) is 12.5. The van der Waals surface area contributed by atoms with E-state index in [4.69, 9.17) is 23.2 Å². The Kier molecular flexibility index (Phi) is 6.40. The molecule has 0 radical (unpaired) electrons. The molecule has 2 aromatic heterocycles. The second kappa shape index (κ2) is 8.75. The molecule has 26 heavy (non-hydrogen) atoms. The molecule has 3 rings (SSSR count). The van der Waals surface area contributed by atoms with Crippen LogP contribution in [0.25, 0.3) is 5.65 Å². The Bertz CT molecular complexity index is 915. The molecule has 0 aliphatic carbocycles. The van der Waals surface area contributed by atoms with E-state index in [1.54, 1.807) is 30.0 Å². The molecule has 5 nitrogen and oxygen atoms in total. The summed E-state index contributed by atoms with van der Waals surface area (Å²) in [5.41, 5.74) is 1.57. The van der Waals surface area contributed by atoms with Gasteiger partial charge in [-0.3, -0.25) is 9.20 Å². The number of hydrogen-bond donors (Lipinski definition) is 1. The summed E-state index contributed by atoms with van der Waals surface area (Å²) in [5.74, 6) is 1.54. The highest BCUT2D eigenvalue weighted by Crippen LogP contribution is 2.23. The van der Waals surface area contributed by atoms with Crippen LogP contribution in [0, 0.1) is 0 Å². The number of nitrogens with one attached hydrogen (secondary N) is 1. The van der Waals surface area contributed by atoms with Gasteiger partial charge in [0.05, 0.1) is 22.5 Å². The number of benzene rings is 1. The fourth-order valence-corrected chi connectivity index (χ4v) is 3.47. The van der Waals surface area contributed by atoms with Crippen molar-refractivity contribution in [2.75, 3.05) is 12.0 Å². The SMILES string of the molecule is CSCC[C@H](NC(=O)Cc1ccc(Cl)c(Cl)c1)c1nnc2ccccn12. The minimum atomic E-state index is -0.213. The number of nitrogens with zero attached hydrogens (tertiary/aromatic N) is 3. The molecule has 1 N–H and O–H groups in total. The molecular weight excluding hydrogens is 391 g/mol. The highest BCUT2D eigenvalue weighted by Gasteiger charge is 2.20. The zero-order chi connectivity index (χ0) is 18.5. The minimum absolute atomic E-state index is 0.0952. The van der Waals surface area contributed by atoms with Crippen molar-refractivity contribution in [3.05, 3.63) is 64.0 Å². The van der Waals surface area contributed by atoms with Gasteiger partial charge < -0.3 is 5.32 Å². The standard InChI is InChI=1S/C18H18Cl2N4OS/c1-26-9-7-15(18-23-22-16-4-2-3-8-24(16)18)21-17(25)11-12-5-6-13(19)14(20)10-12/h2-6,8,10,15H,7,9,11H2,1H3,(H,21,25)/t15-/m0/s1. The summed E-state index contributed by atoms with van der Waals surface area (Å²) >= 11 is 13.7. The molecule has 0 saturated heterocycles. The van der Waals surface area contributed by atoms with E-state index in [-0.39, 0.29) is 18.4 Å². The summed E-state index contributed by atoms with van der Waals surface area (Å²) in [7, 11) is 0. The third-order valence-corrected chi connectivity index (χ3v) is 5.33. The summed E-state index contributed by atoms with van der Waals surface area (Å²) in [6.07, 6.45) is 4.94. The van der Waals surface area contributed by atoms with Crippen LogP contribution in [0.4, 0.5) is 0 Å². The van der Waals surface area contributed by atoms with Crippen molar-refractivity contribution >= 4 is 46.5 Å². The molecule has 0 bridgehead atoms. The number of rotatable bonds is 7. The number of aromatic nitrogens is 3. The van der Waals surface area contributed by atoms with E-state index in [1.807, 2.05) is 35.1 Å². The van der Waals surface area contributed by atoms with Gasteiger partial charge in [0.25, 0.3) is 0 Å². The number of fused-ring (bicyclic) bond motifs is 1. The molecule has 1 amide bonds. The van der Waals surface area contributed by atoms with Crippen molar-refractivity contribution in [3.63, 3.8) is 0 Å². The van der Waals surface area contributed by atoms with Crippen LogP contribution >= 0.6 is 35.0 Å². The summed E-state index contributed by atoms with van der Waals surface area (Å²) in [6.45, 7) is 0. The molecule has 1 atom stereocenters. The topological polar surface area (TPSA) is 59.3 Å². The summed E-state index contributed by atoms with van der Waals surface area (Å²) < 4.78 is 1.91. The van der Waals surface area contributed by atoms with Gasteiger partial charge in [-0.1, -0.05) is 35.3 Å². The Hall–Kier alpha value is -1.76. The molecule has 0 fully saturated rings. The second-order valence-corrected chi connectivity index (χ2v) is 7.61. The first-order chi connectivity index (χ1) is 12.6. The van der Waals surface area contributed by atoms with E-state index in [1.165, 1.54) is 0 Å². The van der Waals surface area contributed by atoms with Crippen molar-refractivity contribution in [3.8, 4) is 0 Å². The lowest BCUT2D eigenvalue weighted by molar-refractivity contribution is -0.121. The van der Waals surface area contributed by atoms with Crippen LogP contribution in [0.2, 0.25) is 10.0 Å².